The molecule has 134 valence electrons. The topological polar surface area (TPSA) is 101 Å². The molecule has 4 aromatic rings. The molecule has 1 aromatic carbocycles. The Morgan fingerprint density at radius 3 is 2.85 bits per heavy atom. The number of aromatic amines is 1. The highest BCUT2D eigenvalue weighted by Gasteiger charge is 2.17. The Bertz CT molecular complexity index is 1180. The molecule has 3 heterocycles. The lowest BCUT2D eigenvalue weighted by molar-refractivity contribution is 0.0924. The SMILES string of the molecule is Cc1c(C(=O)NCc2cc(=O)[nH]c(-c3cccnc3)n2)oc2ccccc12. The molecule has 0 radical (unpaired) electrons. The van der Waals surface area contributed by atoms with Crippen LogP contribution in [0.5, 0.6) is 0 Å². The predicted molar refractivity (Wildman–Crippen MR) is 100 cm³/mol. The van der Waals surface area contributed by atoms with Gasteiger partial charge in [-0.25, -0.2) is 4.98 Å². The summed E-state index contributed by atoms with van der Waals surface area (Å²) >= 11 is 0. The number of pyridine rings is 1. The maximum Gasteiger partial charge on any atom is 0.287 e. The van der Waals surface area contributed by atoms with Crippen molar-refractivity contribution in [2.45, 2.75) is 13.5 Å². The van der Waals surface area contributed by atoms with Gasteiger partial charge in [-0.3, -0.25) is 14.6 Å². The Morgan fingerprint density at radius 1 is 1.22 bits per heavy atom. The van der Waals surface area contributed by atoms with Crippen LogP contribution in [0.25, 0.3) is 22.4 Å². The molecule has 0 saturated heterocycles. The Hall–Kier alpha value is -3.74. The molecule has 4 rings (SSSR count). The molecule has 0 unspecified atom stereocenters. The fourth-order valence-electron chi connectivity index (χ4n) is 2.88. The number of hydrogen-bond acceptors (Lipinski definition) is 5. The number of amides is 1. The van der Waals surface area contributed by atoms with Crippen LogP contribution in [0.4, 0.5) is 0 Å². The average molecular weight is 360 g/mol. The first-order valence-corrected chi connectivity index (χ1v) is 8.39. The quantitative estimate of drug-likeness (QED) is 0.583. The van der Waals surface area contributed by atoms with Crippen LogP contribution in [-0.2, 0) is 6.54 Å². The van der Waals surface area contributed by atoms with E-state index in [0.29, 0.717) is 22.7 Å². The summed E-state index contributed by atoms with van der Waals surface area (Å²) in [6.45, 7) is 1.94. The highest BCUT2D eigenvalue weighted by Crippen LogP contribution is 2.24. The molecule has 0 bridgehead atoms. The van der Waals surface area contributed by atoms with Crippen LogP contribution in [0.2, 0.25) is 0 Å². The molecule has 0 spiro atoms. The first-order chi connectivity index (χ1) is 13.1. The van der Waals surface area contributed by atoms with E-state index in [9.17, 15) is 9.59 Å². The van der Waals surface area contributed by atoms with Crippen LogP contribution in [-0.4, -0.2) is 20.9 Å². The van der Waals surface area contributed by atoms with Crippen molar-refractivity contribution in [3.8, 4) is 11.4 Å². The molecule has 7 heteroatoms. The van der Waals surface area contributed by atoms with Gasteiger partial charge in [-0.2, -0.15) is 0 Å². The fraction of sp³-hybridized carbons (Fsp3) is 0.100. The smallest absolute Gasteiger partial charge is 0.287 e. The number of aromatic nitrogens is 3. The molecule has 2 N–H and O–H groups in total. The largest absolute Gasteiger partial charge is 0.451 e. The van der Waals surface area contributed by atoms with Crippen LogP contribution < -0.4 is 10.9 Å². The van der Waals surface area contributed by atoms with E-state index in [4.69, 9.17) is 4.42 Å². The maximum atomic E-state index is 12.5. The third kappa shape index (κ3) is 3.35. The van der Waals surface area contributed by atoms with Gasteiger partial charge in [0.25, 0.3) is 11.5 Å². The summed E-state index contributed by atoms with van der Waals surface area (Å²) in [7, 11) is 0. The number of rotatable bonds is 4. The normalized spacial score (nSPS) is 10.9. The Balaban J connectivity index is 1.56. The van der Waals surface area contributed by atoms with E-state index in [2.05, 4.69) is 20.3 Å². The number of aryl methyl sites for hydroxylation is 1. The van der Waals surface area contributed by atoms with Crippen LogP contribution >= 0.6 is 0 Å². The number of nitrogens with zero attached hydrogens (tertiary/aromatic N) is 2. The van der Waals surface area contributed by atoms with E-state index in [1.807, 2.05) is 31.2 Å². The van der Waals surface area contributed by atoms with Gasteiger partial charge < -0.3 is 14.7 Å². The van der Waals surface area contributed by atoms with Gasteiger partial charge in [-0.1, -0.05) is 18.2 Å². The fourth-order valence-corrected chi connectivity index (χ4v) is 2.88. The molecular weight excluding hydrogens is 344 g/mol. The Labute approximate surface area is 154 Å². The number of hydrogen-bond donors (Lipinski definition) is 2. The van der Waals surface area contributed by atoms with E-state index >= 15 is 0 Å². The lowest BCUT2D eigenvalue weighted by atomic mass is 10.1. The van der Waals surface area contributed by atoms with Gasteiger partial charge in [0.2, 0.25) is 0 Å². The molecule has 0 aliphatic rings. The summed E-state index contributed by atoms with van der Waals surface area (Å²) < 4.78 is 5.66. The summed E-state index contributed by atoms with van der Waals surface area (Å²) in [4.78, 5) is 35.5. The number of furan rings is 1. The van der Waals surface area contributed by atoms with Crippen molar-refractivity contribution >= 4 is 16.9 Å². The maximum absolute atomic E-state index is 12.5. The molecule has 0 saturated carbocycles. The van der Waals surface area contributed by atoms with Gasteiger partial charge in [-0.05, 0) is 25.1 Å². The van der Waals surface area contributed by atoms with E-state index < -0.39 is 0 Å². The first-order valence-electron chi connectivity index (χ1n) is 8.39. The third-order valence-corrected chi connectivity index (χ3v) is 4.21. The van der Waals surface area contributed by atoms with Crippen molar-refractivity contribution in [1.29, 1.82) is 0 Å². The number of carbonyl (C=O) groups excluding carboxylic acids is 1. The number of para-hydroxylation sites is 1. The van der Waals surface area contributed by atoms with Crippen molar-refractivity contribution in [2.75, 3.05) is 0 Å². The van der Waals surface area contributed by atoms with Crippen LogP contribution in [0.1, 0.15) is 21.8 Å². The molecular formula is C20H16N4O3. The number of carbonyl (C=O) groups is 1. The highest BCUT2D eigenvalue weighted by atomic mass is 16.3. The molecule has 0 aliphatic carbocycles. The molecule has 27 heavy (non-hydrogen) atoms. The Kier molecular flexibility index (Phi) is 4.25. The zero-order valence-corrected chi connectivity index (χ0v) is 14.5. The van der Waals surface area contributed by atoms with Gasteiger partial charge >= 0.3 is 0 Å². The number of H-pyrrole nitrogens is 1. The lowest BCUT2D eigenvalue weighted by Gasteiger charge is -2.06. The third-order valence-electron chi connectivity index (χ3n) is 4.21. The second-order valence-corrected chi connectivity index (χ2v) is 6.06. The predicted octanol–water partition coefficient (Wildman–Crippen LogP) is 2.82. The number of nitrogens with one attached hydrogen (secondary N) is 2. The van der Waals surface area contributed by atoms with Crippen molar-refractivity contribution in [1.82, 2.24) is 20.3 Å². The van der Waals surface area contributed by atoms with Crippen LogP contribution in [0.3, 0.4) is 0 Å². The van der Waals surface area contributed by atoms with Crippen molar-refractivity contribution < 1.29 is 9.21 Å². The molecule has 1 amide bonds. The minimum atomic E-state index is -0.353. The summed E-state index contributed by atoms with van der Waals surface area (Å²) in [6, 6.07) is 12.4. The van der Waals surface area contributed by atoms with E-state index in [-0.39, 0.29) is 23.8 Å². The summed E-state index contributed by atoms with van der Waals surface area (Å²) in [5, 5.41) is 3.66. The van der Waals surface area contributed by atoms with Crippen LogP contribution in [0, 0.1) is 6.92 Å². The van der Waals surface area contributed by atoms with Gasteiger partial charge in [0.05, 0.1) is 12.2 Å². The molecule has 3 aromatic heterocycles. The summed E-state index contributed by atoms with van der Waals surface area (Å²) in [5.74, 6) is 0.307. The lowest BCUT2D eigenvalue weighted by Crippen LogP contribution is -2.25. The standard InChI is InChI=1S/C20H16N4O3/c1-12-15-6-2-3-7-16(15)27-18(12)20(26)22-11-14-9-17(25)24-19(23-14)13-5-4-8-21-10-13/h2-10H,11H2,1H3,(H,22,26)(H,23,24,25). The average Bonchev–Trinajstić information content (AvgIpc) is 3.03. The van der Waals surface area contributed by atoms with Gasteiger partial charge in [0.15, 0.2) is 5.76 Å². The minimum absolute atomic E-state index is 0.104. The second-order valence-electron chi connectivity index (χ2n) is 6.06. The van der Waals surface area contributed by atoms with E-state index in [1.54, 1.807) is 24.5 Å². The molecule has 0 fully saturated rings. The van der Waals surface area contributed by atoms with Crippen molar-refractivity contribution in [2.24, 2.45) is 0 Å². The minimum Gasteiger partial charge on any atom is -0.451 e. The summed E-state index contributed by atoms with van der Waals surface area (Å²) in [5.41, 5.74) is 2.27. The van der Waals surface area contributed by atoms with E-state index in [1.165, 1.54) is 6.07 Å². The van der Waals surface area contributed by atoms with Gasteiger partial charge in [-0.15, -0.1) is 0 Å². The van der Waals surface area contributed by atoms with Crippen LogP contribution in [0.15, 0.2) is 64.1 Å². The molecule has 7 nitrogen and oxygen atoms in total. The van der Waals surface area contributed by atoms with Gasteiger partial charge in [0, 0.05) is 35.0 Å². The van der Waals surface area contributed by atoms with Crippen molar-refractivity contribution in [3.05, 3.63) is 82.2 Å². The number of benzene rings is 1. The van der Waals surface area contributed by atoms with E-state index in [0.717, 1.165) is 10.9 Å². The van der Waals surface area contributed by atoms with Gasteiger partial charge in [0.1, 0.15) is 11.4 Å². The zero-order chi connectivity index (χ0) is 18.8. The first kappa shape index (κ1) is 16.7. The highest BCUT2D eigenvalue weighted by molar-refractivity contribution is 5.98. The molecule has 0 aliphatic heterocycles. The number of fused-ring (bicyclic) bond motifs is 1. The zero-order valence-electron chi connectivity index (χ0n) is 14.5. The monoisotopic (exact) mass is 360 g/mol. The summed E-state index contributed by atoms with van der Waals surface area (Å²) in [6.07, 6.45) is 3.25. The Morgan fingerprint density at radius 2 is 2.07 bits per heavy atom. The molecule has 0 atom stereocenters. The second kappa shape index (κ2) is 6.87. The van der Waals surface area contributed by atoms with Crippen molar-refractivity contribution in [3.63, 3.8) is 0 Å².